The molecule has 1 unspecified atom stereocenters. The summed E-state index contributed by atoms with van der Waals surface area (Å²) >= 11 is 0. The van der Waals surface area contributed by atoms with Crippen LogP contribution >= 0.6 is 0 Å². The normalized spacial score (nSPS) is 13.0. The molecule has 0 aliphatic rings. The van der Waals surface area contributed by atoms with E-state index in [2.05, 4.69) is 57.7 Å². The molecule has 1 aromatic rings. The van der Waals surface area contributed by atoms with Crippen molar-refractivity contribution in [2.75, 3.05) is 6.61 Å². The summed E-state index contributed by atoms with van der Waals surface area (Å²) in [5.41, 5.74) is 2.40. The van der Waals surface area contributed by atoms with Gasteiger partial charge in [0.25, 0.3) is 0 Å². The SMILES string of the molecule is C=C/C(=C\CC)c1ccc(OCC(CC)CCCC)cc1. The van der Waals surface area contributed by atoms with Crippen molar-refractivity contribution >= 4 is 5.57 Å². The van der Waals surface area contributed by atoms with Gasteiger partial charge in [0.05, 0.1) is 6.61 Å². The van der Waals surface area contributed by atoms with Crippen LogP contribution in [0.15, 0.2) is 43.0 Å². The Balaban J connectivity index is 2.58. The lowest BCUT2D eigenvalue weighted by atomic mass is 10.0. The Kier molecular flexibility index (Phi) is 8.57. The van der Waals surface area contributed by atoms with E-state index in [-0.39, 0.29) is 0 Å². The number of rotatable bonds is 10. The van der Waals surface area contributed by atoms with Gasteiger partial charge in [-0.2, -0.15) is 0 Å². The molecule has 0 aromatic heterocycles. The second-order valence-electron chi connectivity index (χ2n) is 5.52. The molecule has 1 atom stereocenters. The van der Waals surface area contributed by atoms with Crippen molar-refractivity contribution in [3.8, 4) is 5.75 Å². The first-order valence-electron chi connectivity index (χ1n) is 8.30. The van der Waals surface area contributed by atoms with Gasteiger partial charge in [0.1, 0.15) is 5.75 Å². The number of ether oxygens (including phenoxy) is 1. The minimum atomic E-state index is 0.674. The maximum Gasteiger partial charge on any atom is 0.119 e. The van der Waals surface area contributed by atoms with Crippen molar-refractivity contribution in [3.63, 3.8) is 0 Å². The first kappa shape index (κ1) is 17.6. The van der Waals surface area contributed by atoms with Gasteiger partial charge in [0.15, 0.2) is 0 Å². The minimum absolute atomic E-state index is 0.674. The molecule has 1 rings (SSSR count). The molecule has 0 N–H and O–H groups in total. The zero-order valence-electron chi connectivity index (χ0n) is 13.9. The summed E-state index contributed by atoms with van der Waals surface area (Å²) in [5.74, 6) is 1.64. The fourth-order valence-electron chi connectivity index (χ4n) is 2.39. The van der Waals surface area contributed by atoms with Gasteiger partial charge in [0, 0.05) is 0 Å². The zero-order valence-corrected chi connectivity index (χ0v) is 13.9. The third kappa shape index (κ3) is 6.20. The second-order valence-corrected chi connectivity index (χ2v) is 5.52. The van der Waals surface area contributed by atoms with Crippen molar-refractivity contribution in [2.45, 2.75) is 52.9 Å². The number of hydrogen-bond donors (Lipinski definition) is 0. The largest absolute Gasteiger partial charge is 0.493 e. The molecule has 1 aromatic carbocycles. The molecule has 0 aliphatic carbocycles. The molecule has 1 nitrogen and oxygen atoms in total. The Morgan fingerprint density at radius 2 is 1.90 bits per heavy atom. The number of unbranched alkanes of at least 4 members (excludes halogenated alkanes) is 1. The van der Waals surface area contributed by atoms with E-state index in [1.807, 2.05) is 6.08 Å². The van der Waals surface area contributed by atoms with E-state index in [9.17, 15) is 0 Å². The molecule has 0 spiro atoms. The summed E-state index contributed by atoms with van der Waals surface area (Å²) in [4.78, 5) is 0. The third-order valence-corrected chi connectivity index (χ3v) is 3.86. The van der Waals surface area contributed by atoms with Crippen LogP contribution in [0.4, 0.5) is 0 Å². The molecule has 0 radical (unpaired) electrons. The van der Waals surface area contributed by atoms with Crippen LogP contribution in [-0.2, 0) is 0 Å². The fraction of sp³-hybridized carbons (Fsp3) is 0.500. The predicted octanol–water partition coefficient (Wildman–Crippen LogP) is 6.26. The summed E-state index contributed by atoms with van der Waals surface area (Å²) in [6, 6.07) is 8.36. The highest BCUT2D eigenvalue weighted by Gasteiger charge is 2.07. The maximum absolute atomic E-state index is 5.94. The van der Waals surface area contributed by atoms with Crippen molar-refractivity contribution < 1.29 is 4.74 Å². The van der Waals surface area contributed by atoms with E-state index in [1.54, 1.807) is 0 Å². The number of allylic oxidation sites excluding steroid dienone is 3. The number of hydrogen-bond acceptors (Lipinski definition) is 1. The van der Waals surface area contributed by atoms with E-state index in [0.717, 1.165) is 18.8 Å². The monoisotopic (exact) mass is 286 g/mol. The van der Waals surface area contributed by atoms with Crippen LogP contribution in [0.3, 0.4) is 0 Å². The molecule has 0 bridgehead atoms. The molecule has 0 amide bonds. The molecule has 0 saturated carbocycles. The van der Waals surface area contributed by atoms with Crippen LogP contribution in [0.1, 0.15) is 58.4 Å². The van der Waals surface area contributed by atoms with Gasteiger partial charge in [0.2, 0.25) is 0 Å². The summed E-state index contributed by atoms with van der Waals surface area (Å²) < 4.78 is 5.94. The fourth-order valence-corrected chi connectivity index (χ4v) is 2.39. The van der Waals surface area contributed by atoms with E-state index in [0.29, 0.717) is 5.92 Å². The average Bonchev–Trinajstić information content (AvgIpc) is 2.53. The van der Waals surface area contributed by atoms with Crippen LogP contribution in [0.25, 0.3) is 5.57 Å². The lowest BCUT2D eigenvalue weighted by Crippen LogP contribution is -2.11. The summed E-state index contributed by atoms with van der Waals surface area (Å²) in [7, 11) is 0. The van der Waals surface area contributed by atoms with Crippen LogP contribution < -0.4 is 4.74 Å². The van der Waals surface area contributed by atoms with Crippen LogP contribution in [0, 0.1) is 5.92 Å². The van der Waals surface area contributed by atoms with Crippen LogP contribution in [0.5, 0.6) is 5.75 Å². The Hall–Kier alpha value is -1.50. The summed E-state index contributed by atoms with van der Waals surface area (Å²) in [6.45, 7) is 11.3. The van der Waals surface area contributed by atoms with Gasteiger partial charge in [-0.3, -0.25) is 0 Å². The van der Waals surface area contributed by atoms with Gasteiger partial charge in [-0.05, 0) is 42.0 Å². The second kappa shape index (κ2) is 10.3. The molecular weight excluding hydrogens is 256 g/mol. The Morgan fingerprint density at radius 1 is 1.19 bits per heavy atom. The predicted molar refractivity (Wildman–Crippen MR) is 93.7 cm³/mol. The van der Waals surface area contributed by atoms with Crippen LogP contribution in [-0.4, -0.2) is 6.61 Å². The van der Waals surface area contributed by atoms with Crippen molar-refractivity contribution in [1.82, 2.24) is 0 Å². The molecule has 1 heteroatoms. The van der Waals surface area contributed by atoms with Gasteiger partial charge in [-0.15, -0.1) is 0 Å². The van der Waals surface area contributed by atoms with Crippen LogP contribution in [0.2, 0.25) is 0 Å². The molecule has 21 heavy (non-hydrogen) atoms. The van der Waals surface area contributed by atoms with E-state index < -0.39 is 0 Å². The van der Waals surface area contributed by atoms with Crippen molar-refractivity contribution in [1.29, 1.82) is 0 Å². The lowest BCUT2D eigenvalue weighted by molar-refractivity contribution is 0.233. The van der Waals surface area contributed by atoms with E-state index >= 15 is 0 Å². The lowest BCUT2D eigenvalue weighted by Gasteiger charge is -2.15. The Bertz CT molecular complexity index is 428. The molecule has 0 aliphatic heterocycles. The Morgan fingerprint density at radius 3 is 2.43 bits per heavy atom. The highest BCUT2D eigenvalue weighted by atomic mass is 16.5. The average molecular weight is 286 g/mol. The molecule has 0 heterocycles. The maximum atomic E-state index is 5.94. The molecular formula is C20H30O. The molecule has 0 saturated heterocycles. The third-order valence-electron chi connectivity index (χ3n) is 3.86. The van der Waals surface area contributed by atoms with Gasteiger partial charge in [-0.1, -0.05) is 70.9 Å². The van der Waals surface area contributed by atoms with Crippen molar-refractivity contribution in [2.24, 2.45) is 5.92 Å². The summed E-state index contributed by atoms with van der Waals surface area (Å²) in [5, 5.41) is 0. The van der Waals surface area contributed by atoms with Gasteiger partial charge < -0.3 is 4.74 Å². The first-order chi connectivity index (χ1) is 10.2. The quantitative estimate of drug-likeness (QED) is 0.461. The van der Waals surface area contributed by atoms with Crippen molar-refractivity contribution in [3.05, 3.63) is 48.6 Å². The minimum Gasteiger partial charge on any atom is -0.493 e. The number of benzene rings is 1. The van der Waals surface area contributed by atoms with Gasteiger partial charge in [-0.25, -0.2) is 0 Å². The highest BCUT2D eigenvalue weighted by molar-refractivity contribution is 5.73. The van der Waals surface area contributed by atoms with E-state index in [4.69, 9.17) is 4.74 Å². The summed E-state index contributed by atoms with van der Waals surface area (Å²) in [6.07, 6.45) is 10.2. The molecule has 0 fully saturated rings. The Labute approximate surface area is 130 Å². The zero-order chi connectivity index (χ0) is 15.5. The van der Waals surface area contributed by atoms with Gasteiger partial charge >= 0.3 is 0 Å². The first-order valence-corrected chi connectivity index (χ1v) is 8.30. The standard InChI is InChI=1S/C20H30O/c1-5-9-11-17(7-3)16-21-20-14-12-19(13-15-20)18(8-4)10-6-2/h8,10,12-15,17H,4-7,9,11,16H2,1-3H3/b18-10+. The molecule has 116 valence electrons. The topological polar surface area (TPSA) is 9.23 Å². The van der Waals surface area contributed by atoms with E-state index in [1.165, 1.54) is 36.8 Å². The smallest absolute Gasteiger partial charge is 0.119 e. The highest BCUT2D eigenvalue weighted by Crippen LogP contribution is 2.21.